The van der Waals surface area contributed by atoms with E-state index in [4.69, 9.17) is 13.9 Å². The molecular weight excluding hydrogens is 368 g/mol. The molecule has 1 fully saturated rings. The molecule has 0 radical (unpaired) electrons. The fraction of sp³-hybridized carbons (Fsp3) is 0.522. The van der Waals surface area contributed by atoms with Crippen LogP contribution in [-0.4, -0.2) is 50.2 Å². The summed E-state index contributed by atoms with van der Waals surface area (Å²) in [5.41, 5.74) is 1.37. The van der Waals surface area contributed by atoms with Crippen LogP contribution >= 0.6 is 0 Å². The van der Waals surface area contributed by atoms with Crippen LogP contribution in [0, 0.1) is 0 Å². The molecule has 1 N–H and O–H groups in total. The van der Waals surface area contributed by atoms with E-state index in [0.717, 1.165) is 45.0 Å². The zero-order chi connectivity index (χ0) is 20.7. The number of hydrogen-bond acceptors (Lipinski definition) is 5. The summed E-state index contributed by atoms with van der Waals surface area (Å²) in [6, 6.07) is 11.6. The second kappa shape index (κ2) is 9.94. The second-order valence-corrected chi connectivity index (χ2v) is 8.39. The maximum atomic E-state index is 12.2. The highest BCUT2D eigenvalue weighted by Crippen LogP contribution is 2.24. The van der Waals surface area contributed by atoms with Gasteiger partial charge in [-0.15, -0.1) is 0 Å². The molecule has 6 nitrogen and oxygen atoms in total. The average Bonchev–Trinajstić information content (AvgIpc) is 3.19. The lowest BCUT2D eigenvalue weighted by atomic mass is 9.87. The molecule has 0 saturated carbocycles. The van der Waals surface area contributed by atoms with Gasteiger partial charge in [-0.2, -0.15) is 0 Å². The number of nitrogens with zero attached hydrogens (tertiary/aromatic N) is 1. The zero-order valence-electron chi connectivity index (χ0n) is 17.7. The number of nitrogens with one attached hydrogen (secondary N) is 1. The van der Waals surface area contributed by atoms with Crippen molar-refractivity contribution in [3.8, 4) is 5.75 Å². The molecule has 0 atom stereocenters. The lowest BCUT2D eigenvalue weighted by Crippen LogP contribution is -2.38. The van der Waals surface area contributed by atoms with Crippen molar-refractivity contribution in [2.24, 2.45) is 0 Å². The van der Waals surface area contributed by atoms with Gasteiger partial charge in [0.15, 0.2) is 5.76 Å². The Morgan fingerprint density at radius 2 is 1.83 bits per heavy atom. The molecule has 3 rings (SSSR count). The van der Waals surface area contributed by atoms with Crippen LogP contribution in [0.15, 0.2) is 40.8 Å². The molecule has 1 aliphatic heterocycles. The first-order valence-electron chi connectivity index (χ1n) is 10.3. The molecule has 6 heteroatoms. The van der Waals surface area contributed by atoms with Crippen molar-refractivity contribution in [2.75, 3.05) is 39.4 Å². The number of hydrogen-bond donors (Lipinski definition) is 1. The highest BCUT2D eigenvalue weighted by molar-refractivity contribution is 5.91. The van der Waals surface area contributed by atoms with E-state index < -0.39 is 0 Å². The standard InChI is InChI=1S/C23H32N2O4/c1-23(2,3)18-5-7-19(8-6-18)28-17-20-9-10-21(29-20)22(26)24-11-4-12-25-13-15-27-16-14-25/h5-10H,4,11-17H2,1-3H3,(H,24,26). The van der Waals surface area contributed by atoms with E-state index in [9.17, 15) is 4.79 Å². The molecule has 0 unspecified atom stereocenters. The Hall–Kier alpha value is -2.31. The van der Waals surface area contributed by atoms with Crippen molar-refractivity contribution in [1.29, 1.82) is 0 Å². The van der Waals surface area contributed by atoms with Gasteiger partial charge in [0.05, 0.1) is 13.2 Å². The minimum Gasteiger partial charge on any atom is -0.486 e. The summed E-state index contributed by atoms with van der Waals surface area (Å²) in [6.45, 7) is 12.0. The van der Waals surface area contributed by atoms with Gasteiger partial charge in [0.25, 0.3) is 5.91 Å². The van der Waals surface area contributed by atoms with Crippen LogP contribution in [0.3, 0.4) is 0 Å². The van der Waals surface area contributed by atoms with Crippen molar-refractivity contribution in [3.05, 3.63) is 53.5 Å². The van der Waals surface area contributed by atoms with Crippen molar-refractivity contribution in [2.45, 2.75) is 39.2 Å². The van der Waals surface area contributed by atoms with E-state index >= 15 is 0 Å². The predicted molar refractivity (Wildman–Crippen MR) is 112 cm³/mol. The van der Waals surface area contributed by atoms with Crippen LogP contribution in [0.5, 0.6) is 5.75 Å². The van der Waals surface area contributed by atoms with E-state index in [2.05, 4.69) is 43.1 Å². The monoisotopic (exact) mass is 400 g/mol. The largest absolute Gasteiger partial charge is 0.486 e. The van der Waals surface area contributed by atoms with Crippen LogP contribution < -0.4 is 10.1 Å². The molecule has 1 amide bonds. The highest BCUT2D eigenvalue weighted by Gasteiger charge is 2.14. The smallest absolute Gasteiger partial charge is 0.286 e. The van der Waals surface area contributed by atoms with Gasteiger partial charge in [0, 0.05) is 19.6 Å². The van der Waals surface area contributed by atoms with Crippen molar-refractivity contribution in [3.63, 3.8) is 0 Å². The van der Waals surface area contributed by atoms with Crippen LogP contribution in [0.4, 0.5) is 0 Å². The molecule has 0 aliphatic carbocycles. The van der Waals surface area contributed by atoms with Crippen molar-refractivity contribution >= 4 is 5.91 Å². The Bertz CT molecular complexity index is 771. The fourth-order valence-corrected chi connectivity index (χ4v) is 3.20. The summed E-state index contributed by atoms with van der Waals surface area (Å²) in [5, 5.41) is 2.91. The van der Waals surface area contributed by atoms with Crippen LogP contribution in [-0.2, 0) is 16.8 Å². The maximum Gasteiger partial charge on any atom is 0.286 e. The molecule has 29 heavy (non-hydrogen) atoms. The minimum absolute atomic E-state index is 0.115. The van der Waals surface area contributed by atoms with Crippen molar-refractivity contribution < 1.29 is 18.7 Å². The number of amides is 1. The molecule has 1 aromatic carbocycles. The van der Waals surface area contributed by atoms with Gasteiger partial charge in [0.2, 0.25) is 0 Å². The van der Waals surface area contributed by atoms with Gasteiger partial charge in [-0.1, -0.05) is 32.9 Å². The topological polar surface area (TPSA) is 63.9 Å². The van der Waals surface area contributed by atoms with Gasteiger partial charge >= 0.3 is 0 Å². The van der Waals surface area contributed by atoms with Crippen LogP contribution in [0.2, 0.25) is 0 Å². The Kier molecular flexibility index (Phi) is 7.34. The first kappa shape index (κ1) is 21.4. The van der Waals surface area contributed by atoms with E-state index in [1.54, 1.807) is 12.1 Å². The summed E-state index contributed by atoms with van der Waals surface area (Å²) in [4.78, 5) is 14.6. The Balaban J connectivity index is 1.39. The van der Waals surface area contributed by atoms with Gasteiger partial charge in [-0.25, -0.2) is 0 Å². The van der Waals surface area contributed by atoms with Gasteiger partial charge < -0.3 is 19.2 Å². The first-order chi connectivity index (χ1) is 13.9. The number of ether oxygens (including phenoxy) is 2. The van der Waals surface area contributed by atoms with E-state index in [1.807, 2.05) is 12.1 Å². The second-order valence-electron chi connectivity index (χ2n) is 8.39. The Morgan fingerprint density at radius 3 is 2.52 bits per heavy atom. The zero-order valence-corrected chi connectivity index (χ0v) is 17.7. The number of furan rings is 1. The average molecular weight is 401 g/mol. The third-order valence-corrected chi connectivity index (χ3v) is 5.03. The van der Waals surface area contributed by atoms with E-state index in [-0.39, 0.29) is 11.3 Å². The minimum atomic E-state index is -0.187. The number of carbonyl (C=O) groups excluding carboxylic acids is 1. The molecule has 158 valence electrons. The molecule has 0 bridgehead atoms. The summed E-state index contributed by atoms with van der Waals surface area (Å²) in [7, 11) is 0. The lowest BCUT2D eigenvalue weighted by Gasteiger charge is -2.26. The van der Waals surface area contributed by atoms with Crippen LogP contribution in [0.1, 0.15) is 49.1 Å². The van der Waals surface area contributed by atoms with Gasteiger partial charge in [-0.3, -0.25) is 9.69 Å². The normalized spacial score (nSPS) is 15.3. The lowest BCUT2D eigenvalue weighted by molar-refractivity contribution is 0.0374. The quantitative estimate of drug-likeness (QED) is 0.686. The predicted octanol–water partition coefficient (Wildman–Crippen LogP) is 3.61. The molecule has 0 spiro atoms. The maximum absolute atomic E-state index is 12.2. The van der Waals surface area contributed by atoms with E-state index in [0.29, 0.717) is 24.7 Å². The SMILES string of the molecule is CC(C)(C)c1ccc(OCc2ccc(C(=O)NCCCN3CCOCC3)o2)cc1. The molecule has 1 aromatic heterocycles. The summed E-state index contributed by atoms with van der Waals surface area (Å²) >= 11 is 0. The number of rotatable bonds is 8. The third-order valence-electron chi connectivity index (χ3n) is 5.03. The fourth-order valence-electron chi connectivity index (χ4n) is 3.20. The molecule has 2 aromatic rings. The number of morpholine rings is 1. The third kappa shape index (κ3) is 6.61. The first-order valence-corrected chi connectivity index (χ1v) is 10.3. The number of carbonyl (C=O) groups is 1. The molecular formula is C23H32N2O4. The highest BCUT2D eigenvalue weighted by atomic mass is 16.5. The Morgan fingerprint density at radius 1 is 1.10 bits per heavy atom. The Labute approximate surface area is 173 Å². The molecule has 1 saturated heterocycles. The summed E-state index contributed by atoms with van der Waals surface area (Å²) in [5.74, 6) is 1.54. The summed E-state index contributed by atoms with van der Waals surface area (Å²) in [6.07, 6.45) is 0.910. The summed E-state index contributed by atoms with van der Waals surface area (Å²) < 4.78 is 16.7. The van der Waals surface area contributed by atoms with Gasteiger partial charge in [0.1, 0.15) is 18.1 Å². The van der Waals surface area contributed by atoms with Crippen LogP contribution in [0.25, 0.3) is 0 Å². The molecule has 1 aliphatic rings. The number of benzene rings is 1. The van der Waals surface area contributed by atoms with E-state index in [1.165, 1.54) is 5.56 Å². The molecule has 2 heterocycles. The van der Waals surface area contributed by atoms with Crippen molar-refractivity contribution in [1.82, 2.24) is 10.2 Å². The van der Waals surface area contributed by atoms with Gasteiger partial charge in [-0.05, 0) is 48.2 Å².